The zero-order chi connectivity index (χ0) is 11.5. The summed E-state index contributed by atoms with van der Waals surface area (Å²) in [4.78, 5) is 11.3. The van der Waals surface area contributed by atoms with E-state index in [1.165, 1.54) is 12.1 Å². The van der Waals surface area contributed by atoms with E-state index in [0.29, 0.717) is 5.56 Å². The Labute approximate surface area is 104 Å². The number of Topliss-reactive ketones (excluding diaryl/α,β-unsaturated/α-hetero) is 1. The van der Waals surface area contributed by atoms with Gasteiger partial charge in [0.1, 0.15) is 5.82 Å². The minimum atomic E-state index is -0.283. The van der Waals surface area contributed by atoms with Gasteiger partial charge in [-0.2, -0.15) is 0 Å². The van der Waals surface area contributed by atoms with E-state index in [0.717, 1.165) is 5.69 Å². The lowest BCUT2D eigenvalue weighted by atomic mass is 10.2. The molecule has 17 heavy (non-hydrogen) atoms. The zero-order valence-corrected chi connectivity index (χ0v) is 9.78. The van der Waals surface area contributed by atoms with Crippen molar-refractivity contribution in [2.45, 2.75) is 0 Å². The molecule has 1 aromatic carbocycles. The number of carbonyl (C=O) groups excluding carboxylic acids is 1. The third-order valence-corrected chi connectivity index (χ3v) is 2.33. The lowest BCUT2D eigenvalue weighted by Gasteiger charge is -2.01. The number of halogens is 2. The van der Waals surface area contributed by atoms with Crippen LogP contribution in [0.1, 0.15) is 10.4 Å². The lowest BCUT2D eigenvalue weighted by molar-refractivity contribution is 0.100. The molecule has 0 aliphatic rings. The molecule has 0 aliphatic heterocycles. The van der Waals surface area contributed by atoms with Gasteiger partial charge in [-0.15, -0.1) is 12.4 Å². The highest BCUT2D eigenvalue weighted by Gasteiger charge is 2.05. The Bertz CT molecular complexity index is 507. The fourth-order valence-electron chi connectivity index (χ4n) is 1.45. The summed E-state index contributed by atoms with van der Waals surface area (Å²) in [6.45, 7) is -0.00652. The molecule has 0 saturated heterocycles. The van der Waals surface area contributed by atoms with Gasteiger partial charge >= 0.3 is 0 Å². The molecule has 2 aromatic rings. The van der Waals surface area contributed by atoms with Crippen LogP contribution in [0.4, 0.5) is 4.39 Å². The number of hydrogen-bond acceptors (Lipinski definition) is 2. The van der Waals surface area contributed by atoms with Crippen molar-refractivity contribution in [2.24, 2.45) is 5.73 Å². The van der Waals surface area contributed by atoms with Gasteiger partial charge in [0, 0.05) is 23.6 Å². The predicted molar refractivity (Wildman–Crippen MR) is 66.4 cm³/mol. The van der Waals surface area contributed by atoms with Crippen LogP contribution in [0, 0.1) is 5.82 Å². The summed E-state index contributed by atoms with van der Waals surface area (Å²) in [7, 11) is 0. The first-order valence-electron chi connectivity index (χ1n) is 4.88. The molecule has 0 atom stereocenters. The van der Waals surface area contributed by atoms with Gasteiger partial charge in [-0.1, -0.05) is 0 Å². The summed E-state index contributed by atoms with van der Waals surface area (Å²) in [5, 5.41) is 0. The lowest BCUT2D eigenvalue weighted by Crippen LogP contribution is -2.12. The van der Waals surface area contributed by atoms with Gasteiger partial charge in [-0.3, -0.25) is 4.79 Å². The van der Waals surface area contributed by atoms with Gasteiger partial charge in [0.05, 0.1) is 6.54 Å². The van der Waals surface area contributed by atoms with Crippen molar-refractivity contribution in [3.8, 4) is 5.69 Å². The van der Waals surface area contributed by atoms with E-state index in [-0.39, 0.29) is 30.6 Å². The number of carbonyl (C=O) groups is 1. The van der Waals surface area contributed by atoms with Crippen molar-refractivity contribution in [3.05, 3.63) is 54.1 Å². The van der Waals surface area contributed by atoms with Gasteiger partial charge in [-0.25, -0.2) is 4.39 Å². The monoisotopic (exact) mass is 254 g/mol. The van der Waals surface area contributed by atoms with Gasteiger partial charge in [0.25, 0.3) is 0 Å². The number of nitrogens with two attached hydrogens (primary N) is 1. The summed E-state index contributed by atoms with van der Waals surface area (Å²) in [6.07, 6.45) is 3.43. The van der Waals surface area contributed by atoms with Crippen molar-refractivity contribution in [1.82, 2.24) is 4.57 Å². The maximum atomic E-state index is 12.7. The van der Waals surface area contributed by atoms with E-state index in [1.54, 1.807) is 35.2 Å². The van der Waals surface area contributed by atoms with E-state index < -0.39 is 0 Å². The number of ketones is 1. The standard InChI is InChI=1S/C12H11FN2O.ClH/c13-10-1-3-11(4-2-10)15-6-5-9(8-15)12(16)7-14;/h1-6,8H,7,14H2;1H. The summed E-state index contributed by atoms with van der Waals surface area (Å²) in [6, 6.07) is 7.73. The summed E-state index contributed by atoms with van der Waals surface area (Å²) < 4.78 is 14.5. The molecule has 1 aromatic heterocycles. The molecule has 0 radical (unpaired) electrons. The molecule has 1 heterocycles. The Morgan fingerprint density at radius 2 is 1.88 bits per heavy atom. The number of rotatable bonds is 3. The normalized spacial score (nSPS) is 9.76. The fraction of sp³-hybridized carbons (Fsp3) is 0.0833. The average molecular weight is 255 g/mol. The number of benzene rings is 1. The highest BCUT2D eigenvalue weighted by molar-refractivity contribution is 5.97. The van der Waals surface area contributed by atoms with Crippen LogP contribution < -0.4 is 5.73 Å². The second-order valence-electron chi connectivity index (χ2n) is 3.41. The molecular weight excluding hydrogens is 243 g/mol. The summed E-state index contributed by atoms with van der Waals surface area (Å²) >= 11 is 0. The Morgan fingerprint density at radius 3 is 2.47 bits per heavy atom. The first-order chi connectivity index (χ1) is 7.70. The minimum absolute atomic E-state index is 0. The van der Waals surface area contributed by atoms with Gasteiger partial charge in [-0.05, 0) is 30.3 Å². The molecule has 2 rings (SSSR count). The van der Waals surface area contributed by atoms with Crippen LogP contribution in [-0.2, 0) is 0 Å². The smallest absolute Gasteiger partial charge is 0.177 e. The Kier molecular flexibility index (Phi) is 4.43. The minimum Gasteiger partial charge on any atom is -0.324 e. The van der Waals surface area contributed by atoms with Crippen LogP contribution in [0.25, 0.3) is 5.69 Å². The highest BCUT2D eigenvalue weighted by Crippen LogP contribution is 2.11. The van der Waals surface area contributed by atoms with Gasteiger partial charge in [0.15, 0.2) is 5.78 Å². The molecule has 0 fully saturated rings. The third kappa shape index (κ3) is 2.93. The van der Waals surface area contributed by atoms with Crippen molar-refractivity contribution in [2.75, 3.05) is 6.54 Å². The molecule has 0 amide bonds. The number of nitrogens with zero attached hydrogens (tertiary/aromatic N) is 1. The van der Waals surface area contributed by atoms with Crippen molar-refractivity contribution < 1.29 is 9.18 Å². The maximum absolute atomic E-state index is 12.7. The van der Waals surface area contributed by atoms with E-state index in [9.17, 15) is 9.18 Å². The third-order valence-electron chi connectivity index (χ3n) is 2.33. The van der Waals surface area contributed by atoms with E-state index in [1.807, 2.05) is 0 Å². The molecule has 5 heteroatoms. The second-order valence-corrected chi connectivity index (χ2v) is 3.41. The van der Waals surface area contributed by atoms with Crippen LogP contribution in [0.15, 0.2) is 42.7 Å². The first kappa shape index (κ1) is 13.4. The summed E-state index contributed by atoms with van der Waals surface area (Å²) in [5.41, 5.74) is 6.63. The molecule has 3 nitrogen and oxygen atoms in total. The molecule has 90 valence electrons. The number of aromatic nitrogens is 1. The van der Waals surface area contributed by atoms with E-state index >= 15 is 0 Å². The molecule has 0 aliphatic carbocycles. The average Bonchev–Trinajstić information content (AvgIpc) is 2.78. The van der Waals surface area contributed by atoms with Crippen molar-refractivity contribution in [1.29, 1.82) is 0 Å². The molecule has 0 spiro atoms. The largest absolute Gasteiger partial charge is 0.324 e. The Morgan fingerprint density at radius 1 is 1.24 bits per heavy atom. The molecule has 0 saturated carbocycles. The van der Waals surface area contributed by atoms with Crippen LogP contribution in [-0.4, -0.2) is 16.9 Å². The molecular formula is C12H12ClFN2O. The Balaban J connectivity index is 0.00000144. The first-order valence-corrected chi connectivity index (χ1v) is 4.88. The van der Waals surface area contributed by atoms with E-state index in [4.69, 9.17) is 5.73 Å². The topological polar surface area (TPSA) is 48.0 Å². The van der Waals surface area contributed by atoms with E-state index in [2.05, 4.69) is 0 Å². The maximum Gasteiger partial charge on any atom is 0.177 e. The Hall–Kier alpha value is -1.65. The molecule has 2 N–H and O–H groups in total. The van der Waals surface area contributed by atoms with Gasteiger partial charge < -0.3 is 10.3 Å². The fourth-order valence-corrected chi connectivity index (χ4v) is 1.45. The van der Waals surface area contributed by atoms with Crippen LogP contribution in [0.2, 0.25) is 0 Å². The molecule has 0 bridgehead atoms. The second kappa shape index (κ2) is 5.61. The zero-order valence-electron chi connectivity index (χ0n) is 8.97. The SMILES string of the molecule is Cl.NCC(=O)c1ccn(-c2ccc(F)cc2)c1. The van der Waals surface area contributed by atoms with Crippen LogP contribution in [0.5, 0.6) is 0 Å². The molecule has 0 unspecified atom stereocenters. The quantitative estimate of drug-likeness (QED) is 0.854. The highest BCUT2D eigenvalue weighted by atomic mass is 35.5. The van der Waals surface area contributed by atoms with Gasteiger partial charge in [0.2, 0.25) is 0 Å². The van der Waals surface area contributed by atoms with Crippen molar-refractivity contribution >= 4 is 18.2 Å². The number of hydrogen-bond donors (Lipinski definition) is 1. The van der Waals surface area contributed by atoms with Crippen molar-refractivity contribution in [3.63, 3.8) is 0 Å². The summed E-state index contributed by atoms with van der Waals surface area (Å²) in [5.74, 6) is -0.393. The van der Waals surface area contributed by atoms with Crippen LogP contribution in [0.3, 0.4) is 0 Å². The predicted octanol–water partition coefficient (Wildman–Crippen LogP) is 2.18. The van der Waals surface area contributed by atoms with Crippen LogP contribution >= 0.6 is 12.4 Å².